The summed E-state index contributed by atoms with van der Waals surface area (Å²) in [4.78, 5) is 17.5. The van der Waals surface area contributed by atoms with E-state index in [1.165, 1.54) is 0 Å². The predicted molar refractivity (Wildman–Crippen MR) is 89.0 cm³/mol. The van der Waals surface area contributed by atoms with Crippen molar-refractivity contribution in [3.8, 4) is 0 Å². The van der Waals surface area contributed by atoms with Crippen LogP contribution in [0.25, 0.3) is 0 Å². The van der Waals surface area contributed by atoms with Gasteiger partial charge in [-0.3, -0.25) is 9.69 Å². The van der Waals surface area contributed by atoms with Gasteiger partial charge in [0.25, 0.3) is 0 Å². The number of piperazine rings is 1. The van der Waals surface area contributed by atoms with E-state index in [2.05, 4.69) is 17.1 Å². The number of likely N-dealkylation sites (tertiary alicyclic amines) is 1. The van der Waals surface area contributed by atoms with Gasteiger partial charge in [0.05, 0.1) is 0 Å². The maximum absolute atomic E-state index is 13.1. The molecular weight excluding hydrogens is 298 g/mol. The van der Waals surface area contributed by atoms with E-state index in [1.54, 1.807) is 0 Å². The van der Waals surface area contributed by atoms with Gasteiger partial charge in [0.2, 0.25) is 5.91 Å². The van der Waals surface area contributed by atoms with Crippen molar-refractivity contribution in [2.24, 2.45) is 0 Å². The number of nitrogens with zero attached hydrogens (tertiary/aromatic N) is 2. The number of hydrogen-bond acceptors (Lipinski definition) is 3. The van der Waals surface area contributed by atoms with Crippen LogP contribution in [0.15, 0.2) is 24.3 Å². The van der Waals surface area contributed by atoms with Gasteiger partial charge >= 0.3 is 0 Å². The molecule has 1 aromatic carbocycles. The number of carbonyl (C=O) groups is 1. The fourth-order valence-electron chi connectivity index (χ4n) is 3.50. The third-order valence-corrected chi connectivity index (χ3v) is 4.94. The quantitative estimate of drug-likeness (QED) is 0.928. The molecule has 0 aliphatic carbocycles. The lowest BCUT2D eigenvalue weighted by atomic mass is 10.0. The van der Waals surface area contributed by atoms with Gasteiger partial charge in [-0.1, -0.05) is 23.7 Å². The Labute approximate surface area is 137 Å². The third-order valence-electron chi connectivity index (χ3n) is 4.70. The SMILES string of the molecule is CC1CNCCN1C(C(=O)N1CCCC1)c1cccc(Cl)c1. The van der Waals surface area contributed by atoms with Gasteiger partial charge in [0, 0.05) is 43.8 Å². The minimum Gasteiger partial charge on any atom is -0.341 e. The Bertz CT molecular complexity index is 530. The Morgan fingerprint density at radius 2 is 2.09 bits per heavy atom. The highest BCUT2D eigenvalue weighted by molar-refractivity contribution is 6.30. The van der Waals surface area contributed by atoms with Crippen molar-refractivity contribution in [2.45, 2.75) is 31.8 Å². The second-order valence-electron chi connectivity index (χ2n) is 6.28. The van der Waals surface area contributed by atoms with Gasteiger partial charge < -0.3 is 10.2 Å². The van der Waals surface area contributed by atoms with E-state index in [1.807, 2.05) is 29.2 Å². The largest absolute Gasteiger partial charge is 0.341 e. The van der Waals surface area contributed by atoms with E-state index >= 15 is 0 Å². The first-order valence-corrected chi connectivity index (χ1v) is 8.55. The molecule has 2 aliphatic heterocycles. The van der Waals surface area contributed by atoms with Crippen LogP contribution in [0.3, 0.4) is 0 Å². The topological polar surface area (TPSA) is 35.6 Å². The summed E-state index contributed by atoms with van der Waals surface area (Å²) < 4.78 is 0. The van der Waals surface area contributed by atoms with Crippen molar-refractivity contribution in [3.63, 3.8) is 0 Å². The van der Waals surface area contributed by atoms with Crippen LogP contribution in [0, 0.1) is 0 Å². The highest BCUT2D eigenvalue weighted by Crippen LogP contribution is 2.29. The summed E-state index contributed by atoms with van der Waals surface area (Å²) in [6, 6.07) is 7.89. The first-order chi connectivity index (χ1) is 10.7. The van der Waals surface area contributed by atoms with Crippen LogP contribution in [0.1, 0.15) is 31.4 Å². The summed E-state index contributed by atoms with van der Waals surface area (Å²) >= 11 is 6.17. The lowest BCUT2D eigenvalue weighted by Crippen LogP contribution is -2.54. The monoisotopic (exact) mass is 321 g/mol. The van der Waals surface area contributed by atoms with Crippen molar-refractivity contribution in [3.05, 3.63) is 34.9 Å². The Kier molecular flexibility index (Phi) is 5.01. The van der Waals surface area contributed by atoms with Crippen molar-refractivity contribution in [1.82, 2.24) is 15.1 Å². The zero-order valence-corrected chi connectivity index (χ0v) is 13.9. The molecule has 0 spiro atoms. The van der Waals surface area contributed by atoms with Crippen LogP contribution in [-0.2, 0) is 4.79 Å². The molecule has 0 radical (unpaired) electrons. The van der Waals surface area contributed by atoms with Crippen molar-refractivity contribution in [1.29, 1.82) is 0 Å². The Hall–Kier alpha value is -1.10. The molecule has 22 heavy (non-hydrogen) atoms. The average Bonchev–Trinajstić information content (AvgIpc) is 3.04. The van der Waals surface area contributed by atoms with Crippen molar-refractivity contribution in [2.75, 3.05) is 32.7 Å². The Morgan fingerprint density at radius 1 is 1.32 bits per heavy atom. The first kappa shape index (κ1) is 15.8. The molecule has 2 aliphatic rings. The van der Waals surface area contributed by atoms with Crippen LogP contribution in [0.4, 0.5) is 0 Å². The summed E-state index contributed by atoms with van der Waals surface area (Å²) in [7, 11) is 0. The lowest BCUT2D eigenvalue weighted by molar-refractivity contribution is -0.137. The first-order valence-electron chi connectivity index (χ1n) is 8.17. The molecule has 2 atom stereocenters. The number of amides is 1. The third kappa shape index (κ3) is 3.29. The molecule has 120 valence electrons. The van der Waals surface area contributed by atoms with Gasteiger partial charge in [0.15, 0.2) is 0 Å². The number of nitrogens with one attached hydrogen (secondary N) is 1. The highest BCUT2D eigenvalue weighted by atomic mass is 35.5. The van der Waals surface area contributed by atoms with E-state index in [9.17, 15) is 4.79 Å². The highest BCUT2D eigenvalue weighted by Gasteiger charge is 2.35. The minimum atomic E-state index is -0.214. The smallest absolute Gasteiger partial charge is 0.244 e. The van der Waals surface area contributed by atoms with Gasteiger partial charge in [0.1, 0.15) is 6.04 Å². The van der Waals surface area contributed by atoms with E-state index in [0.29, 0.717) is 11.1 Å². The maximum Gasteiger partial charge on any atom is 0.244 e. The van der Waals surface area contributed by atoms with Crippen molar-refractivity contribution >= 4 is 17.5 Å². The molecule has 0 bridgehead atoms. The minimum absolute atomic E-state index is 0.214. The normalized spacial score (nSPS) is 24.5. The second-order valence-corrected chi connectivity index (χ2v) is 6.72. The molecule has 1 aromatic rings. The van der Waals surface area contributed by atoms with Crippen LogP contribution in [-0.4, -0.2) is 54.5 Å². The summed E-state index contributed by atoms with van der Waals surface area (Å²) in [5, 5.41) is 4.09. The number of hydrogen-bond donors (Lipinski definition) is 1. The van der Waals surface area contributed by atoms with E-state index in [4.69, 9.17) is 11.6 Å². The van der Waals surface area contributed by atoms with Crippen LogP contribution >= 0.6 is 11.6 Å². The van der Waals surface area contributed by atoms with Crippen LogP contribution < -0.4 is 5.32 Å². The maximum atomic E-state index is 13.1. The van der Waals surface area contributed by atoms with E-state index < -0.39 is 0 Å². The molecular formula is C17H24ClN3O. The molecule has 4 nitrogen and oxygen atoms in total. The molecule has 1 amide bonds. The Morgan fingerprint density at radius 3 is 2.77 bits per heavy atom. The fraction of sp³-hybridized carbons (Fsp3) is 0.588. The van der Waals surface area contributed by atoms with Gasteiger partial charge in [-0.15, -0.1) is 0 Å². The van der Waals surface area contributed by atoms with Gasteiger partial charge in [-0.2, -0.15) is 0 Å². The zero-order valence-electron chi connectivity index (χ0n) is 13.1. The standard InChI is InChI=1S/C17H24ClN3O/c1-13-12-19-7-10-21(13)16(14-5-4-6-15(18)11-14)17(22)20-8-2-3-9-20/h4-6,11,13,16,19H,2-3,7-10,12H2,1H3. The fourth-order valence-corrected chi connectivity index (χ4v) is 3.70. The molecule has 2 heterocycles. The summed E-state index contributed by atoms with van der Waals surface area (Å²) in [6.07, 6.45) is 2.23. The van der Waals surface area contributed by atoms with Crippen LogP contribution in [0.2, 0.25) is 5.02 Å². The molecule has 2 fully saturated rings. The molecule has 3 rings (SSSR count). The lowest BCUT2D eigenvalue weighted by Gasteiger charge is -2.40. The van der Waals surface area contributed by atoms with E-state index in [-0.39, 0.29) is 11.9 Å². The molecule has 2 unspecified atom stereocenters. The van der Waals surface area contributed by atoms with E-state index in [0.717, 1.165) is 51.1 Å². The molecule has 0 aromatic heterocycles. The van der Waals surface area contributed by atoms with Gasteiger partial charge in [-0.25, -0.2) is 0 Å². The Balaban J connectivity index is 1.92. The number of halogens is 1. The number of carbonyl (C=O) groups excluding carboxylic acids is 1. The number of benzene rings is 1. The van der Waals surface area contributed by atoms with Crippen molar-refractivity contribution < 1.29 is 4.79 Å². The number of rotatable bonds is 3. The summed E-state index contributed by atoms with van der Waals surface area (Å²) in [5.74, 6) is 0.230. The summed E-state index contributed by atoms with van der Waals surface area (Å²) in [6.45, 7) is 6.69. The zero-order chi connectivity index (χ0) is 15.5. The summed E-state index contributed by atoms with van der Waals surface area (Å²) in [5.41, 5.74) is 1.01. The van der Waals surface area contributed by atoms with Gasteiger partial charge in [-0.05, 0) is 37.5 Å². The molecule has 5 heteroatoms. The molecule has 1 N–H and O–H groups in total. The average molecular weight is 322 g/mol. The predicted octanol–water partition coefficient (Wildman–Crippen LogP) is 2.30. The van der Waals surface area contributed by atoms with Crippen LogP contribution in [0.5, 0.6) is 0 Å². The molecule has 0 saturated carbocycles. The molecule has 2 saturated heterocycles. The second kappa shape index (κ2) is 6.99.